The number of halogens is 1. The molecule has 0 N–H and O–H groups in total. The highest BCUT2D eigenvalue weighted by atomic mass is 35.5. The summed E-state index contributed by atoms with van der Waals surface area (Å²) < 4.78 is 12.1. The zero-order chi connectivity index (χ0) is 18.8. The smallest absolute Gasteiger partial charge is 0.134 e. The number of rotatable bonds is 4. The van der Waals surface area contributed by atoms with Gasteiger partial charge in [0.25, 0.3) is 0 Å². The van der Waals surface area contributed by atoms with Gasteiger partial charge in [-0.25, -0.2) is 0 Å². The van der Waals surface area contributed by atoms with Crippen molar-refractivity contribution in [2.75, 3.05) is 27.3 Å². The van der Waals surface area contributed by atoms with E-state index in [0.717, 1.165) is 31.1 Å². The maximum Gasteiger partial charge on any atom is 0.134 e. The van der Waals surface area contributed by atoms with Crippen molar-refractivity contribution in [3.05, 3.63) is 29.3 Å². The molecule has 5 heteroatoms. The Kier molecular flexibility index (Phi) is 5.05. The number of benzene rings is 1. The summed E-state index contributed by atoms with van der Waals surface area (Å²) in [5.74, 6) is 2.37. The summed E-state index contributed by atoms with van der Waals surface area (Å²) in [7, 11) is 3.61. The van der Waals surface area contributed by atoms with Crippen LogP contribution in [0.15, 0.2) is 18.2 Å². The number of fused-ring (bicyclic) bond motifs is 1. The Morgan fingerprint density at radius 1 is 1.21 bits per heavy atom. The zero-order valence-corrected chi connectivity index (χ0v) is 18.0. The van der Waals surface area contributed by atoms with Crippen LogP contribution in [0.3, 0.4) is 0 Å². The number of carbonyl (C=O) groups excluding carboxylic acids is 1. The Morgan fingerprint density at radius 3 is 2.68 bits per heavy atom. The van der Waals surface area contributed by atoms with Gasteiger partial charge in [-0.2, -0.15) is 0 Å². The molecule has 28 heavy (non-hydrogen) atoms. The van der Waals surface area contributed by atoms with Gasteiger partial charge in [0.2, 0.25) is 0 Å². The first-order valence-electron chi connectivity index (χ1n) is 10.5. The molecule has 4 aliphatic rings. The van der Waals surface area contributed by atoms with E-state index in [1.807, 2.05) is 7.11 Å². The molecule has 4 atom stereocenters. The minimum Gasteiger partial charge on any atom is -0.497 e. The number of carbonyl (C=O) groups is 1. The lowest BCUT2D eigenvalue weighted by atomic mass is 9.46. The molecule has 1 saturated heterocycles. The average molecular weight is 406 g/mol. The third kappa shape index (κ3) is 2.60. The fraction of sp³-hybridized carbons (Fsp3) is 0.696. The Bertz CT molecular complexity index is 779. The van der Waals surface area contributed by atoms with Crippen LogP contribution in [0, 0.1) is 11.8 Å². The van der Waals surface area contributed by atoms with Crippen molar-refractivity contribution < 1.29 is 14.3 Å². The summed E-state index contributed by atoms with van der Waals surface area (Å²) in [4.78, 5) is 15.5. The molecular weight excluding hydrogens is 374 g/mol. The average Bonchev–Trinajstić information content (AvgIpc) is 3.47. The van der Waals surface area contributed by atoms with Gasteiger partial charge < -0.3 is 9.47 Å². The minimum absolute atomic E-state index is 0. The SMILES string of the molecule is COc1ccc2c(c1)[C@]13CCN(CC4CC4)[C@H](C2)[C@]1(OC)[C@@H](C)CC(=O)C3.Cl. The Labute approximate surface area is 174 Å². The lowest BCUT2D eigenvalue weighted by Crippen LogP contribution is -2.76. The maximum atomic E-state index is 12.8. The van der Waals surface area contributed by atoms with Gasteiger partial charge in [-0.1, -0.05) is 13.0 Å². The topological polar surface area (TPSA) is 38.8 Å². The number of nitrogens with zero attached hydrogens (tertiary/aromatic N) is 1. The van der Waals surface area contributed by atoms with Gasteiger partial charge in [-0.05, 0) is 67.3 Å². The Balaban J connectivity index is 0.00000192. The summed E-state index contributed by atoms with van der Waals surface area (Å²) in [6.07, 6.45) is 6.01. The van der Waals surface area contributed by atoms with E-state index in [0.29, 0.717) is 24.7 Å². The molecule has 3 fully saturated rings. The number of likely N-dealkylation sites (tertiary alicyclic amines) is 1. The number of methoxy groups -OCH3 is 2. The van der Waals surface area contributed by atoms with Crippen LogP contribution in [0.2, 0.25) is 0 Å². The van der Waals surface area contributed by atoms with Crippen LogP contribution >= 0.6 is 12.4 Å². The van der Waals surface area contributed by atoms with E-state index in [-0.39, 0.29) is 29.3 Å². The molecule has 4 nitrogen and oxygen atoms in total. The van der Waals surface area contributed by atoms with Gasteiger partial charge in [-0.15, -0.1) is 12.4 Å². The fourth-order valence-electron chi connectivity index (χ4n) is 6.82. The van der Waals surface area contributed by atoms with Crippen molar-refractivity contribution in [2.24, 2.45) is 11.8 Å². The van der Waals surface area contributed by atoms with E-state index < -0.39 is 0 Å². The second-order valence-corrected chi connectivity index (χ2v) is 9.33. The van der Waals surface area contributed by atoms with Crippen molar-refractivity contribution in [3.8, 4) is 5.75 Å². The molecule has 0 spiro atoms. The molecule has 1 aromatic carbocycles. The fourth-order valence-corrected chi connectivity index (χ4v) is 6.82. The highest BCUT2D eigenvalue weighted by Gasteiger charge is 2.68. The second-order valence-electron chi connectivity index (χ2n) is 9.33. The Hall–Kier alpha value is -1.10. The highest BCUT2D eigenvalue weighted by Crippen LogP contribution is 2.61. The summed E-state index contributed by atoms with van der Waals surface area (Å²) in [5.41, 5.74) is 2.19. The number of ketones is 1. The van der Waals surface area contributed by atoms with Crippen LogP contribution in [0.5, 0.6) is 5.75 Å². The van der Waals surface area contributed by atoms with Gasteiger partial charge in [0, 0.05) is 38.0 Å². The molecule has 0 unspecified atom stereocenters. The molecule has 1 aliphatic heterocycles. The van der Waals surface area contributed by atoms with Gasteiger partial charge in [0.15, 0.2) is 0 Å². The van der Waals surface area contributed by atoms with Crippen LogP contribution < -0.4 is 4.74 Å². The maximum absolute atomic E-state index is 12.8. The van der Waals surface area contributed by atoms with Gasteiger partial charge >= 0.3 is 0 Å². The number of hydrogen-bond donors (Lipinski definition) is 0. The van der Waals surface area contributed by atoms with Gasteiger partial charge in [0.05, 0.1) is 12.7 Å². The highest BCUT2D eigenvalue weighted by molar-refractivity contribution is 5.85. The van der Waals surface area contributed by atoms with Gasteiger partial charge in [0.1, 0.15) is 11.5 Å². The number of Topliss-reactive ketones (excluding diaryl/α,β-unsaturated/α-hetero) is 1. The molecule has 2 saturated carbocycles. The molecule has 0 radical (unpaired) electrons. The Morgan fingerprint density at radius 2 is 2.00 bits per heavy atom. The molecule has 3 aliphatic carbocycles. The molecular formula is C23H32ClNO3. The van der Waals surface area contributed by atoms with E-state index in [9.17, 15) is 4.79 Å². The summed E-state index contributed by atoms with van der Waals surface area (Å²) in [6.45, 7) is 4.51. The predicted molar refractivity (Wildman–Crippen MR) is 111 cm³/mol. The lowest BCUT2D eigenvalue weighted by Gasteiger charge is -2.67. The normalized spacial score (nSPS) is 36.9. The summed E-state index contributed by atoms with van der Waals surface area (Å²) in [6, 6.07) is 6.86. The zero-order valence-electron chi connectivity index (χ0n) is 17.2. The molecule has 2 bridgehead atoms. The minimum atomic E-state index is -0.284. The van der Waals surface area contributed by atoms with Crippen LogP contribution in [0.1, 0.15) is 50.2 Å². The molecule has 1 aromatic rings. The lowest BCUT2D eigenvalue weighted by molar-refractivity contribution is -0.210. The monoisotopic (exact) mass is 405 g/mol. The summed E-state index contributed by atoms with van der Waals surface area (Å²) >= 11 is 0. The molecule has 5 rings (SSSR count). The van der Waals surface area contributed by atoms with Crippen molar-refractivity contribution in [3.63, 3.8) is 0 Å². The third-order valence-corrected chi connectivity index (χ3v) is 8.05. The van der Waals surface area contributed by atoms with Crippen LogP contribution in [0.25, 0.3) is 0 Å². The standard InChI is InChI=1S/C23H31NO3.ClH/c1-15-10-18(25)13-22-8-9-24(14-16-4-5-16)21(23(15,22)27-3)11-17-6-7-19(26-2)12-20(17)22;/h6-7,12,15-16,21H,4-5,8-11,13-14H2,1-3H3;1H/t15-,21+,22+,23+;/m0./s1. The third-order valence-electron chi connectivity index (χ3n) is 8.05. The van der Waals surface area contributed by atoms with Crippen LogP contribution in [-0.2, 0) is 21.4 Å². The first-order valence-corrected chi connectivity index (χ1v) is 10.5. The van der Waals surface area contributed by atoms with E-state index >= 15 is 0 Å². The molecule has 154 valence electrons. The van der Waals surface area contributed by atoms with Crippen molar-refractivity contribution >= 4 is 18.2 Å². The first-order chi connectivity index (χ1) is 13.0. The molecule has 0 aromatic heterocycles. The number of hydrogen-bond acceptors (Lipinski definition) is 4. The number of piperidine rings is 1. The van der Waals surface area contributed by atoms with E-state index in [1.165, 1.54) is 30.5 Å². The quantitative estimate of drug-likeness (QED) is 0.764. The predicted octanol–water partition coefficient (Wildman–Crippen LogP) is 3.78. The van der Waals surface area contributed by atoms with E-state index in [2.05, 4.69) is 30.0 Å². The van der Waals surface area contributed by atoms with Crippen molar-refractivity contribution in [1.29, 1.82) is 0 Å². The van der Waals surface area contributed by atoms with Crippen LogP contribution in [-0.4, -0.2) is 49.6 Å². The summed E-state index contributed by atoms with van der Waals surface area (Å²) in [5, 5.41) is 0. The molecule has 0 amide bonds. The number of ether oxygens (including phenoxy) is 2. The van der Waals surface area contributed by atoms with Crippen molar-refractivity contribution in [2.45, 2.75) is 62.5 Å². The second kappa shape index (κ2) is 7.00. The van der Waals surface area contributed by atoms with E-state index in [1.54, 1.807) is 7.11 Å². The van der Waals surface area contributed by atoms with Gasteiger partial charge in [-0.3, -0.25) is 9.69 Å². The van der Waals surface area contributed by atoms with Crippen molar-refractivity contribution in [1.82, 2.24) is 4.90 Å². The first kappa shape index (κ1) is 20.2. The molecule has 1 heterocycles. The van der Waals surface area contributed by atoms with E-state index in [4.69, 9.17) is 9.47 Å². The largest absolute Gasteiger partial charge is 0.497 e. The van der Waals surface area contributed by atoms with Crippen LogP contribution in [0.4, 0.5) is 0 Å².